The van der Waals surface area contributed by atoms with Crippen molar-refractivity contribution in [1.82, 2.24) is 4.31 Å². The quantitative estimate of drug-likeness (QED) is 0.621. The van der Waals surface area contributed by atoms with Gasteiger partial charge in [-0.1, -0.05) is 6.92 Å². The van der Waals surface area contributed by atoms with Crippen molar-refractivity contribution in [3.8, 4) is 0 Å². The molecule has 0 aliphatic rings. The van der Waals surface area contributed by atoms with Crippen LogP contribution in [0.2, 0.25) is 0 Å². The molecular formula is C8H18ClNO3S. The van der Waals surface area contributed by atoms with E-state index in [1.807, 2.05) is 6.92 Å². The molecule has 0 aliphatic carbocycles. The third kappa shape index (κ3) is 5.14. The molecule has 0 aromatic rings. The molecule has 0 aliphatic heterocycles. The third-order valence-electron chi connectivity index (χ3n) is 1.84. The van der Waals surface area contributed by atoms with Crippen LogP contribution in [0.1, 0.15) is 6.92 Å². The van der Waals surface area contributed by atoms with Crippen molar-refractivity contribution >= 4 is 21.6 Å². The van der Waals surface area contributed by atoms with Crippen molar-refractivity contribution in [3.63, 3.8) is 0 Å². The topological polar surface area (TPSA) is 46.6 Å². The minimum atomic E-state index is -3.17. The second-order valence-corrected chi connectivity index (χ2v) is 5.78. The minimum Gasteiger partial charge on any atom is -0.383 e. The van der Waals surface area contributed by atoms with Gasteiger partial charge >= 0.3 is 0 Å². The van der Waals surface area contributed by atoms with Crippen molar-refractivity contribution in [2.45, 2.75) is 6.92 Å². The summed E-state index contributed by atoms with van der Waals surface area (Å²) in [7, 11) is -0.0806. The van der Waals surface area contributed by atoms with Crippen molar-refractivity contribution in [1.29, 1.82) is 0 Å². The number of methoxy groups -OCH3 is 1. The molecule has 0 aromatic carbocycles. The number of likely N-dealkylation sites (N-methyl/N-ethyl adjacent to an activating group) is 1. The first-order valence-corrected chi connectivity index (χ1v) is 6.57. The number of nitrogens with zero attached hydrogens (tertiary/aromatic N) is 1. The summed E-state index contributed by atoms with van der Waals surface area (Å²) in [5.41, 5.74) is 0. The normalized spacial score (nSPS) is 14.6. The van der Waals surface area contributed by atoms with E-state index in [0.717, 1.165) is 0 Å². The summed E-state index contributed by atoms with van der Waals surface area (Å²) in [6.45, 7) is 2.60. The molecule has 86 valence electrons. The number of rotatable bonds is 7. The van der Waals surface area contributed by atoms with Crippen LogP contribution >= 0.6 is 11.6 Å². The Kier molecular flexibility index (Phi) is 6.68. The number of alkyl halides is 1. The van der Waals surface area contributed by atoms with Crippen LogP contribution in [0.25, 0.3) is 0 Å². The molecule has 0 amide bonds. The Morgan fingerprint density at radius 3 is 2.50 bits per heavy atom. The monoisotopic (exact) mass is 243 g/mol. The molecule has 0 radical (unpaired) electrons. The number of hydrogen-bond donors (Lipinski definition) is 0. The SMILES string of the molecule is COCCN(C)S(=O)(=O)CC(C)CCl. The van der Waals surface area contributed by atoms with Crippen molar-refractivity contribution in [3.05, 3.63) is 0 Å². The zero-order chi connectivity index (χ0) is 11.2. The van der Waals surface area contributed by atoms with Gasteiger partial charge in [0.05, 0.1) is 12.4 Å². The predicted molar refractivity (Wildman–Crippen MR) is 58.2 cm³/mol. The van der Waals surface area contributed by atoms with Crippen LogP contribution in [0.4, 0.5) is 0 Å². The van der Waals surface area contributed by atoms with E-state index in [1.54, 1.807) is 14.2 Å². The smallest absolute Gasteiger partial charge is 0.214 e. The molecule has 0 spiro atoms. The zero-order valence-electron chi connectivity index (χ0n) is 8.86. The van der Waals surface area contributed by atoms with Gasteiger partial charge < -0.3 is 4.74 Å². The van der Waals surface area contributed by atoms with Crippen LogP contribution in [0, 0.1) is 5.92 Å². The summed E-state index contributed by atoms with van der Waals surface area (Å²) in [5.74, 6) is 0.431. The van der Waals surface area contributed by atoms with Gasteiger partial charge in [0, 0.05) is 26.6 Å². The highest BCUT2D eigenvalue weighted by atomic mass is 35.5. The van der Waals surface area contributed by atoms with E-state index in [4.69, 9.17) is 16.3 Å². The van der Waals surface area contributed by atoms with E-state index < -0.39 is 10.0 Å². The highest BCUT2D eigenvalue weighted by molar-refractivity contribution is 7.89. The predicted octanol–water partition coefficient (Wildman–Crippen LogP) is 0.769. The molecule has 4 nitrogen and oxygen atoms in total. The van der Waals surface area contributed by atoms with E-state index in [9.17, 15) is 8.42 Å². The van der Waals surface area contributed by atoms with Crippen LogP contribution in [0.15, 0.2) is 0 Å². The number of hydrogen-bond acceptors (Lipinski definition) is 3. The second-order valence-electron chi connectivity index (χ2n) is 3.35. The van der Waals surface area contributed by atoms with Gasteiger partial charge in [-0.2, -0.15) is 0 Å². The van der Waals surface area contributed by atoms with Crippen molar-refractivity contribution in [2.75, 3.05) is 38.9 Å². The van der Waals surface area contributed by atoms with Crippen LogP contribution in [0.5, 0.6) is 0 Å². The van der Waals surface area contributed by atoms with Gasteiger partial charge in [-0.3, -0.25) is 0 Å². The average molecular weight is 244 g/mol. The van der Waals surface area contributed by atoms with Crippen LogP contribution in [0.3, 0.4) is 0 Å². The summed E-state index contributed by atoms with van der Waals surface area (Å²) in [4.78, 5) is 0. The summed E-state index contributed by atoms with van der Waals surface area (Å²) >= 11 is 5.56. The maximum absolute atomic E-state index is 11.6. The van der Waals surface area contributed by atoms with Gasteiger partial charge in [-0.05, 0) is 5.92 Å². The first-order valence-electron chi connectivity index (χ1n) is 4.43. The summed E-state index contributed by atoms with van der Waals surface area (Å²) in [5, 5.41) is 0. The van der Waals surface area contributed by atoms with E-state index >= 15 is 0 Å². The number of halogens is 1. The van der Waals surface area contributed by atoms with Crippen LogP contribution < -0.4 is 0 Å². The van der Waals surface area contributed by atoms with Gasteiger partial charge in [0.1, 0.15) is 0 Å². The molecule has 0 aromatic heterocycles. The fraction of sp³-hybridized carbons (Fsp3) is 1.00. The Bertz CT molecular complexity index is 243. The van der Waals surface area contributed by atoms with Gasteiger partial charge in [-0.15, -0.1) is 11.6 Å². The summed E-state index contributed by atoms with van der Waals surface area (Å²) in [6.07, 6.45) is 0. The fourth-order valence-electron chi connectivity index (χ4n) is 0.890. The van der Waals surface area contributed by atoms with E-state index in [0.29, 0.717) is 19.0 Å². The lowest BCUT2D eigenvalue weighted by Gasteiger charge is -2.18. The second kappa shape index (κ2) is 6.61. The molecule has 1 atom stereocenters. The number of sulfonamides is 1. The lowest BCUT2D eigenvalue weighted by atomic mass is 10.3. The lowest BCUT2D eigenvalue weighted by Crippen LogP contribution is -2.34. The van der Waals surface area contributed by atoms with E-state index in [-0.39, 0.29) is 11.7 Å². The lowest BCUT2D eigenvalue weighted by molar-refractivity contribution is 0.185. The number of ether oxygens (including phenoxy) is 1. The summed E-state index contributed by atoms with van der Waals surface area (Å²) in [6, 6.07) is 0. The van der Waals surface area contributed by atoms with Crippen molar-refractivity contribution in [2.24, 2.45) is 5.92 Å². The maximum Gasteiger partial charge on any atom is 0.214 e. The van der Waals surface area contributed by atoms with Crippen LogP contribution in [-0.4, -0.2) is 51.7 Å². The Morgan fingerprint density at radius 2 is 2.07 bits per heavy atom. The fourth-order valence-corrected chi connectivity index (χ4v) is 2.57. The molecule has 6 heteroatoms. The largest absolute Gasteiger partial charge is 0.383 e. The molecule has 14 heavy (non-hydrogen) atoms. The van der Waals surface area contributed by atoms with E-state index in [2.05, 4.69) is 0 Å². The Morgan fingerprint density at radius 1 is 1.50 bits per heavy atom. The highest BCUT2D eigenvalue weighted by Gasteiger charge is 2.20. The van der Waals surface area contributed by atoms with Gasteiger partial charge in [-0.25, -0.2) is 12.7 Å². The average Bonchev–Trinajstić information content (AvgIpc) is 2.13. The molecule has 0 rings (SSSR count). The minimum absolute atomic E-state index is 0.0216. The summed E-state index contributed by atoms with van der Waals surface area (Å²) < 4.78 is 29.3. The molecule has 0 saturated carbocycles. The molecule has 0 heterocycles. The van der Waals surface area contributed by atoms with Gasteiger partial charge in [0.25, 0.3) is 0 Å². The molecule has 1 unspecified atom stereocenters. The molecular weight excluding hydrogens is 226 g/mol. The third-order valence-corrected chi connectivity index (χ3v) is 4.49. The Balaban J connectivity index is 4.17. The van der Waals surface area contributed by atoms with Gasteiger partial charge in [0.15, 0.2) is 0 Å². The maximum atomic E-state index is 11.6. The molecule has 0 bridgehead atoms. The molecule has 0 N–H and O–H groups in total. The van der Waals surface area contributed by atoms with Gasteiger partial charge in [0.2, 0.25) is 10.0 Å². The first-order chi connectivity index (χ1) is 6.44. The zero-order valence-corrected chi connectivity index (χ0v) is 10.4. The van der Waals surface area contributed by atoms with Crippen molar-refractivity contribution < 1.29 is 13.2 Å². The van der Waals surface area contributed by atoms with Crippen LogP contribution in [-0.2, 0) is 14.8 Å². The Hall–Kier alpha value is 0.160. The Labute approximate surface area is 91.2 Å². The molecule has 0 saturated heterocycles. The standard InChI is InChI=1S/C8H18ClNO3S/c1-8(6-9)7-14(11,12)10(2)4-5-13-3/h8H,4-7H2,1-3H3. The highest BCUT2D eigenvalue weighted by Crippen LogP contribution is 2.06. The first kappa shape index (κ1) is 14.2. The molecule has 0 fully saturated rings. The van der Waals surface area contributed by atoms with E-state index in [1.165, 1.54) is 4.31 Å².